The Kier molecular flexibility index (Phi) is 6.59. The van der Waals surface area contributed by atoms with Crippen molar-refractivity contribution in [3.63, 3.8) is 0 Å². The van der Waals surface area contributed by atoms with Crippen LogP contribution in [0.5, 0.6) is 0 Å². The molecule has 2 fully saturated rings. The highest BCUT2D eigenvalue weighted by Gasteiger charge is 2.35. The van der Waals surface area contributed by atoms with Crippen molar-refractivity contribution in [3.8, 4) is 0 Å². The van der Waals surface area contributed by atoms with Crippen LogP contribution in [0.2, 0.25) is 0 Å². The third kappa shape index (κ3) is 4.79. The third-order valence-corrected chi connectivity index (χ3v) is 4.83. The van der Waals surface area contributed by atoms with Crippen LogP contribution in [0.3, 0.4) is 0 Å². The molecule has 1 aliphatic carbocycles. The average Bonchev–Trinajstić information content (AvgIpc) is 3.07. The van der Waals surface area contributed by atoms with Gasteiger partial charge >= 0.3 is 12.0 Å². The monoisotopic (exact) mass is 323 g/mol. The second kappa shape index (κ2) is 8.67. The fraction of sp³-hybridized carbons (Fsp3) is 0.812. The van der Waals surface area contributed by atoms with E-state index in [2.05, 4.69) is 10.3 Å². The van der Waals surface area contributed by atoms with Crippen molar-refractivity contribution in [2.45, 2.75) is 44.6 Å². The molecule has 7 heteroatoms. The minimum absolute atomic E-state index is 0.189. The molecule has 2 aliphatic rings. The molecule has 7 nitrogen and oxygen atoms in total. The van der Waals surface area contributed by atoms with E-state index in [4.69, 9.17) is 4.74 Å². The van der Waals surface area contributed by atoms with Crippen molar-refractivity contribution in [2.75, 3.05) is 26.7 Å². The van der Waals surface area contributed by atoms with Crippen LogP contribution >= 0.6 is 0 Å². The van der Waals surface area contributed by atoms with Crippen molar-refractivity contribution in [1.82, 2.24) is 10.2 Å². The third-order valence-electron chi connectivity index (χ3n) is 4.83. The Morgan fingerprint density at radius 1 is 1.26 bits per heavy atom. The van der Waals surface area contributed by atoms with Crippen LogP contribution in [0, 0.1) is 11.8 Å². The van der Waals surface area contributed by atoms with Crippen LogP contribution in [0.4, 0.5) is 4.79 Å². The summed E-state index contributed by atoms with van der Waals surface area (Å²) in [5, 5.41) is 2.95. The molecule has 1 saturated heterocycles. The van der Waals surface area contributed by atoms with E-state index in [0.29, 0.717) is 37.9 Å². The molecule has 0 radical (unpaired) electrons. The molecule has 0 aromatic carbocycles. The number of methoxy groups -OCH3 is 1. The molecule has 2 rings (SSSR count). The highest BCUT2D eigenvalue weighted by Crippen LogP contribution is 2.29. The number of carbonyl (C=O) groups excluding carboxylic acids is 3. The van der Waals surface area contributed by atoms with E-state index in [0.717, 1.165) is 32.1 Å². The van der Waals surface area contributed by atoms with Gasteiger partial charge in [0.2, 0.25) is 6.08 Å². The van der Waals surface area contributed by atoms with E-state index in [1.165, 1.54) is 7.11 Å². The number of likely N-dealkylation sites (tertiary alicyclic amines) is 1. The molecule has 1 heterocycles. The van der Waals surface area contributed by atoms with Crippen LogP contribution in [-0.2, 0) is 14.3 Å². The van der Waals surface area contributed by atoms with Crippen molar-refractivity contribution in [2.24, 2.45) is 16.8 Å². The van der Waals surface area contributed by atoms with E-state index in [1.807, 2.05) is 0 Å². The molecule has 0 aromatic heterocycles. The summed E-state index contributed by atoms with van der Waals surface area (Å²) in [6.45, 7) is 1.72. The van der Waals surface area contributed by atoms with Crippen molar-refractivity contribution < 1.29 is 19.1 Å². The number of hydrogen-bond acceptors (Lipinski definition) is 5. The average molecular weight is 323 g/mol. The first-order valence-electron chi connectivity index (χ1n) is 8.31. The number of hydrogen-bond donors (Lipinski definition) is 1. The Bertz CT molecular complexity index is 476. The van der Waals surface area contributed by atoms with Gasteiger partial charge < -0.3 is 15.0 Å². The standard InChI is InChI=1S/C16H25N3O4/c1-23-15(21)14-6-3-7-19(14)16(22)18-10-13-5-2-4-12(8-13)9-17-11-20/h12-14H,2-10H2,1H3,(H,18,22). The first-order chi connectivity index (χ1) is 11.2. The van der Waals surface area contributed by atoms with Crippen LogP contribution in [0.1, 0.15) is 38.5 Å². The number of isocyanates is 1. The summed E-state index contributed by atoms with van der Waals surface area (Å²) in [6, 6.07) is -0.646. The number of carbonyl (C=O) groups is 2. The first kappa shape index (κ1) is 17.5. The number of rotatable bonds is 5. The smallest absolute Gasteiger partial charge is 0.328 e. The van der Waals surface area contributed by atoms with Gasteiger partial charge in [0.05, 0.1) is 13.7 Å². The summed E-state index contributed by atoms with van der Waals surface area (Å²) in [6.07, 6.45) is 7.28. The lowest BCUT2D eigenvalue weighted by Crippen LogP contribution is -2.47. The fourth-order valence-electron chi connectivity index (χ4n) is 3.64. The maximum absolute atomic E-state index is 12.3. The highest BCUT2D eigenvalue weighted by atomic mass is 16.5. The largest absolute Gasteiger partial charge is 0.467 e. The van der Waals surface area contributed by atoms with Crippen molar-refractivity contribution in [3.05, 3.63) is 0 Å². The molecule has 0 spiro atoms. The first-order valence-corrected chi connectivity index (χ1v) is 8.31. The van der Waals surface area contributed by atoms with Crippen LogP contribution in [0.25, 0.3) is 0 Å². The Balaban J connectivity index is 1.79. The summed E-state index contributed by atoms with van der Waals surface area (Å²) in [5.41, 5.74) is 0. The fourth-order valence-corrected chi connectivity index (χ4v) is 3.64. The molecule has 0 bridgehead atoms. The molecule has 1 saturated carbocycles. The summed E-state index contributed by atoms with van der Waals surface area (Å²) < 4.78 is 4.76. The van der Waals surface area contributed by atoms with Gasteiger partial charge in [0.15, 0.2) is 0 Å². The molecule has 3 unspecified atom stereocenters. The molecular formula is C16H25N3O4. The maximum atomic E-state index is 12.3. The molecule has 128 valence electrons. The van der Waals surface area contributed by atoms with E-state index >= 15 is 0 Å². The van der Waals surface area contributed by atoms with Gasteiger partial charge in [-0.25, -0.2) is 19.4 Å². The number of aliphatic imine (C=N–C) groups is 1. The van der Waals surface area contributed by atoms with Gasteiger partial charge in [-0.2, -0.15) is 0 Å². The van der Waals surface area contributed by atoms with E-state index in [9.17, 15) is 14.4 Å². The van der Waals surface area contributed by atoms with E-state index in [1.54, 1.807) is 11.0 Å². The topological polar surface area (TPSA) is 88.1 Å². The number of nitrogens with one attached hydrogen (secondary N) is 1. The second-order valence-corrected chi connectivity index (χ2v) is 6.39. The van der Waals surface area contributed by atoms with Crippen molar-refractivity contribution >= 4 is 18.1 Å². The predicted octanol–water partition coefficient (Wildman–Crippen LogP) is 1.48. The molecule has 23 heavy (non-hydrogen) atoms. The zero-order valence-electron chi connectivity index (χ0n) is 13.6. The number of amides is 2. The normalized spacial score (nSPS) is 27.2. The number of nitrogens with zero attached hydrogens (tertiary/aromatic N) is 2. The number of urea groups is 1. The minimum Gasteiger partial charge on any atom is -0.467 e. The number of esters is 1. The summed E-state index contributed by atoms with van der Waals surface area (Å²) in [7, 11) is 1.35. The van der Waals surface area contributed by atoms with Crippen molar-refractivity contribution in [1.29, 1.82) is 0 Å². The Labute approximate surface area is 136 Å². The summed E-state index contributed by atoms with van der Waals surface area (Å²) in [5.74, 6) is 0.461. The van der Waals surface area contributed by atoms with Gasteiger partial charge in [0.1, 0.15) is 6.04 Å². The zero-order valence-corrected chi connectivity index (χ0v) is 13.6. The molecule has 1 N–H and O–H groups in total. The Morgan fingerprint density at radius 2 is 2.04 bits per heavy atom. The number of ether oxygens (including phenoxy) is 1. The Morgan fingerprint density at radius 3 is 2.78 bits per heavy atom. The molecule has 2 amide bonds. The second-order valence-electron chi connectivity index (χ2n) is 6.39. The minimum atomic E-state index is -0.457. The zero-order chi connectivity index (χ0) is 16.7. The molecular weight excluding hydrogens is 298 g/mol. The molecule has 3 atom stereocenters. The lowest BCUT2D eigenvalue weighted by Gasteiger charge is -2.29. The maximum Gasteiger partial charge on any atom is 0.328 e. The predicted molar refractivity (Wildman–Crippen MR) is 83.6 cm³/mol. The van der Waals surface area contributed by atoms with Gasteiger partial charge in [-0.15, -0.1) is 0 Å². The van der Waals surface area contributed by atoms with Gasteiger partial charge in [-0.05, 0) is 43.9 Å². The summed E-state index contributed by atoms with van der Waals surface area (Å²) in [4.78, 5) is 39.5. The Hall–Kier alpha value is -1.88. The molecule has 1 aliphatic heterocycles. The van der Waals surface area contributed by atoms with Gasteiger partial charge in [-0.1, -0.05) is 6.42 Å². The lowest BCUT2D eigenvalue weighted by atomic mass is 9.81. The van der Waals surface area contributed by atoms with Crippen LogP contribution in [-0.4, -0.2) is 55.8 Å². The molecule has 0 aromatic rings. The SMILES string of the molecule is COC(=O)C1CCCN1C(=O)NCC1CCCC(CN=C=O)C1. The highest BCUT2D eigenvalue weighted by molar-refractivity contribution is 5.84. The van der Waals surface area contributed by atoms with E-state index < -0.39 is 6.04 Å². The van der Waals surface area contributed by atoms with Gasteiger partial charge in [-0.3, -0.25) is 0 Å². The quantitative estimate of drug-likeness (QED) is 0.471. The van der Waals surface area contributed by atoms with Gasteiger partial charge in [0.25, 0.3) is 0 Å². The van der Waals surface area contributed by atoms with Crippen LogP contribution < -0.4 is 5.32 Å². The lowest BCUT2D eigenvalue weighted by molar-refractivity contribution is -0.144. The van der Waals surface area contributed by atoms with E-state index in [-0.39, 0.29) is 12.0 Å². The van der Waals surface area contributed by atoms with Crippen LogP contribution in [0.15, 0.2) is 4.99 Å². The summed E-state index contributed by atoms with van der Waals surface area (Å²) >= 11 is 0. The van der Waals surface area contributed by atoms with Gasteiger partial charge in [0, 0.05) is 13.1 Å².